The summed E-state index contributed by atoms with van der Waals surface area (Å²) in [6.45, 7) is 0. The Morgan fingerprint density at radius 2 is 2.00 bits per heavy atom. The molecular formula is C9H6N3O. The molecule has 1 aromatic carbocycles. The summed E-state index contributed by atoms with van der Waals surface area (Å²) in [7, 11) is 0. The van der Waals surface area contributed by atoms with Crippen LogP contribution in [-0.4, -0.2) is 15.0 Å². The standard InChI is InChI=1S/C9H6N3O/c1-2-4-8(5-3-1)13-9-11-6-10-7-12-9/h1-4,6-7H. The molecular weight excluding hydrogens is 166 g/mol. The van der Waals surface area contributed by atoms with Crippen LogP contribution in [0, 0.1) is 6.07 Å². The van der Waals surface area contributed by atoms with E-state index in [4.69, 9.17) is 4.74 Å². The van der Waals surface area contributed by atoms with Crippen LogP contribution in [0.5, 0.6) is 11.8 Å². The topological polar surface area (TPSA) is 47.9 Å². The molecule has 4 nitrogen and oxygen atoms in total. The molecule has 1 heterocycles. The maximum absolute atomic E-state index is 5.26. The lowest BCUT2D eigenvalue weighted by Crippen LogP contribution is -1.91. The number of aromatic nitrogens is 3. The van der Waals surface area contributed by atoms with E-state index < -0.39 is 0 Å². The lowest BCUT2D eigenvalue weighted by molar-refractivity contribution is 0.438. The average Bonchev–Trinajstić information content (AvgIpc) is 2.21. The van der Waals surface area contributed by atoms with Gasteiger partial charge >= 0.3 is 6.01 Å². The first kappa shape index (κ1) is 7.67. The molecule has 4 heteroatoms. The number of para-hydroxylation sites is 1. The van der Waals surface area contributed by atoms with E-state index >= 15 is 0 Å². The summed E-state index contributed by atoms with van der Waals surface area (Å²) in [5.41, 5.74) is 0. The van der Waals surface area contributed by atoms with Gasteiger partial charge in [0.05, 0.1) is 0 Å². The Kier molecular flexibility index (Phi) is 2.14. The monoisotopic (exact) mass is 172 g/mol. The van der Waals surface area contributed by atoms with Crippen molar-refractivity contribution in [3.63, 3.8) is 0 Å². The highest BCUT2D eigenvalue weighted by atomic mass is 16.5. The van der Waals surface area contributed by atoms with Crippen LogP contribution in [0.2, 0.25) is 0 Å². The maximum Gasteiger partial charge on any atom is 0.324 e. The van der Waals surface area contributed by atoms with Crippen molar-refractivity contribution in [1.82, 2.24) is 15.0 Å². The second kappa shape index (κ2) is 3.62. The molecule has 0 fully saturated rings. The summed E-state index contributed by atoms with van der Waals surface area (Å²) in [5.74, 6) is 0.591. The Morgan fingerprint density at radius 1 is 1.15 bits per heavy atom. The van der Waals surface area contributed by atoms with E-state index in [9.17, 15) is 0 Å². The molecule has 0 amide bonds. The summed E-state index contributed by atoms with van der Waals surface area (Å²) in [5, 5.41) is 0. The minimum atomic E-state index is 0.275. The summed E-state index contributed by atoms with van der Waals surface area (Å²) in [4.78, 5) is 11.3. The Morgan fingerprint density at radius 3 is 2.69 bits per heavy atom. The number of hydrogen-bond acceptors (Lipinski definition) is 4. The largest absolute Gasteiger partial charge is 0.424 e. The van der Waals surface area contributed by atoms with Gasteiger partial charge < -0.3 is 4.74 Å². The Labute approximate surface area is 75.3 Å². The fourth-order valence-corrected chi connectivity index (χ4v) is 0.820. The van der Waals surface area contributed by atoms with Crippen LogP contribution in [0.15, 0.2) is 36.9 Å². The molecule has 0 aliphatic rings. The molecule has 0 bridgehead atoms. The average molecular weight is 172 g/mol. The predicted octanol–water partition coefficient (Wildman–Crippen LogP) is 1.46. The SMILES string of the molecule is [c]1ccccc1Oc1ncncn1. The Hall–Kier alpha value is -1.97. The molecule has 0 aliphatic heterocycles. The van der Waals surface area contributed by atoms with Gasteiger partial charge in [0.1, 0.15) is 18.4 Å². The van der Waals surface area contributed by atoms with Crippen LogP contribution in [0.3, 0.4) is 0 Å². The predicted molar refractivity (Wildman–Crippen MR) is 45.2 cm³/mol. The van der Waals surface area contributed by atoms with E-state index in [0.717, 1.165) is 0 Å². The second-order valence-electron chi connectivity index (χ2n) is 2.25. The van der Waals surface area contributed by atoms with Crippen molar-refractivity contribution >= 4 is 0 Å². The molecule has 0 N–H and O–H groups in total. The Bertz CT molecular complexity index is 326. The van der Waals surface area contributed by atoms with Crippen LogP contribution < -0.4 is 4.74 Å². The second-order valence-corrected chi connectivity index (χ2v) is 2.25. The van der Waals surface area contributed by atoms with E-state index in [1.54, 1.807) is 12.1 Å². The molecule has 0 saturated carbocycles. The third-order valence-electron chi connectivity index (χ3n) is 1.35. The summed E-state index contributed by atoms with van der Waals surface area (Å²) < 4.78 is 5.26. The van der Waals surface area contributed by atoms with Crippen LogP contribution in [-0.2, 0) is 0 Å². The first-order chi connectivity index (χ1) is 6.45. The minimum absolute atomic E-state index is 0.275. The Balaban J connectivity index is 2.16. The highest BCUT2D eigenvalue weighted by Gasteiger charge is 1.96. The fourth-order valence-electron chi connectivity index (χ4n) is 0.820. The number of ether oxygens (including phenoxy) is 1. The van der Waals surface area contributed by atoms with Gasteiger partial charge in [-0.05, 0) is 6.07 Å². The quantitative estimate of drug-likeness (QED) is 0.688. The fraction of sp³-hybridized carbons (Fsp3) is 0. The van der Waals surface area contributed by atoms with Gasteiger partial charge in [0, 0.05) is 6.07 Å². The lowest BCUT2D eigenvalue weighted by atomic mass is 10.3. The molecule has 1 radical (unpaired) electrons. The number of rotatable bonds is 2. The number of hydrogen-bond donors (Lipinski definition) is 0. The third-order valence-corrected chi connectivity index (χ3v) is 1.35. The highest BCUT2D eigenvalue weighted by molar-refractivity contribution is 5.22. The molecule has 0 saturated heterocycles. The van der Waals surface area contributed by atoms with Crippen molar-refractivity contribution in [2.45, 2.75) is 0 Å². The molecule has 63 valence electrons. The lowest BCUT2D eigenvalue weighted by Gasteiger charge is -2.00. The zero-order chi connectivity index (χ0) is 8.93. The normalized spacial score (nSPS) is 9.54. The molecule has 1 aromatic heterocycles. The summed E-state index contributed by atoms with van der Waals surface area (Å²) in [6, 6.07) is 10.4. The molecule has 0 aliphatic carbocycles. The zero-order valence-electron chi connectivity index (χ0n) is 6.71. The molecule has 0 unspecified atom stereocenters. The van der Waals surface area contributed by atoms with Crippen LogP contribution in [0.25, 0.3) is 0 Å². The minimum Gasteiger partial charge on any atom is -0.424 e. The maximum atomic E-state index is 5.26. The number of benzene rings is 1. The van der Waals surface area contributed by atoms with Crippen LogP contribution in [0.4, 0.5) is 0 Å². The first-order valence-electron chi connectivity index (χ1n) is 3.72. The van der Waals surface area contributed by atoms with Crippen molar-refractivity contribution in [3.05, 3.63) is 43.0 Å². The molecule has 2 rings (SSSR count). The number of nitrogens with zero attached hydrogens (tertiary/aromatic N) is 3. The van der Waals surface area contributed by atoms with Crippen molar-refractivity contribution in [1.29, 1.82) is 0 Å². The van der Waals surface area contributed by atoms with Crippen molar-refractivity contribution in [2.75, 3.05) is 0 Å². The van der Waals surface area contributed by atoms with Crippen molar-refractivity contribution in [2.24, 2.45) is 0 Å². The summed E-state index contributed by atoms with van der Waals surface area (Å²) in [6.07, 6.45) is 2.76. The van der Waals surface area contributed by atoms with E-state index in [0.29, 0.717) is 5.75 Å². The van der Waals surface area contributed by atoms with Crippen molar-refractivity contribution < 1.29 is 4.74 Å². The zero-order valence-corrected chi connectivity index (χ0v) is 6.71. The van der Waals surface area contributed by atoms with Crippen molar-refractivity contribution in [3.8, 4) is 11.8 Å². The molecule has 13 heavy (non-hydrogen) atoms. The van der Waals surface area contributed by atoms with Gasteiger partial charge in [0.15, 0.2) is 0 Å². The van der Waals surface area contributed by atoms with Gasteiger partial charge in [0.25, 0.3) is 0 Å². The van der Waals surface area contributed by atoms with Crippen LogP contribution >= 0.6 is 0 Å². The summed E-state index contributed by atoms with van der Waals surface area (Å²) >= 11 is 0. The van der Waals surface area contributed by atoms with E-state index in [-0.39, 0.29) is 6.01 Å². The third kappa shape index (κ3) is 1.99. The van der Waals surface area contributed by atoms with Gasteiger partial charge in [-0.2, -0.15) is 9.97 Å². The molecule has 2 aromatic rings. The van der Waals surface area contributed by atoms with Gasteiger partial charge in [-0.3, -0.25) is 0 Å². The van der Waals surface area contributed by atoms with Gasteiger partial charge in [-0.15, -0.1) is 0 Å². The van der Waals surface area contributed by atoms with E-state index in [1.165, 1.54) is 12.7 Å². The van der Waals surface area contributed by atoms with E-state index in [2.05, 4.69) is 21.0 Å². The van der Waals surface area contributed by atoms with E-state index in [1.807, 2.05) is 12.1 Å². The van der Waals surface area contributed by atoms with Crippen LogP contribution in [0.1, 0.15) is 0 Å². The molecule has 0 spiro atoms. The van der Waals surface area contributed by atoms with Gasteiger partial charge in [-0.1, -0.05) is 18.2 Å². The van der Waals surface area contributed by atoms with Gasteiger partial charge in [-0.25, -0.2) is 4.98 Å². The highest BCUT2D eigenvalue weighted by Crippen LogP contribution is 2.13. The first-order valence-corrected chi connectivity index (χ1v) is 3.72. The molecule has 0 atom stereocenters. The smallest absolute Gasteiger partial charge is 0.324 e. The van der Waals surface area contributed by atoms with Gasteiger partial charge in [0.2, 0.25) is 0 Å².